The fourth-order valence-corrected chi connectivity index (χ4v) is 4.70. The highest BCUT2D eigenvalue weighted by Gasteiger charge is 2.30. The standard InChI is InChI=1S/C34H35ClN2O5/c1-40-31-18-15-26(22-32(31)41-2)19-20-36-34(39)30(21-25-9-5-3-6-10-25)37(23-27-13-16-28(35)17-14-27)33(38)24-42-29-11-7-4-8-12-29/h3-18,22,30H,19-21,23-24H2,1-2H3,(H,36,39). The van der Waals surface area contributed by atoms with E-state index in [0.717, 1.165) is 16.7 Å². The summed E-state index contributed by atoms with van der Waals surface area (Å²) in [7, 11) is 3.18. The molecule has 4 rings (SSSR count). The first-order chi connectivity index (χ1) is 20.5. The first kappa shape index (κ1) is 30.5. The largest absolute Gasteiger partial charge is 0.493 e. The highest BCUT2D eigenvalue weighted by molar-refractivity contribution is 6.30. The summed E-state index contributed by atoms with van der Waals surface area (Å²) < 4.78 is 16.5. The molecule has 4 aromatic carbocycles. The van der Waals surface area contributed by atoms with E-state index >= 15 is 0 Å². The number of carbonyl (C=O) groups is 2. The molecule has 0 fully saturated rings. The Balaban J connectivity index is 1.55. The lowest BCUT2D eigenvalue weighted by Gasteiger charge is -2.31. The second-order valence-corrected chi connectivity index (χ2v) is 10.1. The third kappa shape index (κ3) is 8.75. The van der Waals surface area contributed by atoms with Gasteiger partial charge in [0.2, 0.25) is 5.91 Å². The number of rotatable bonds is 14. The fourth-order valence-electron chi connectivity index (χ4n) is 4.57. The van der Waals surface area contributed by atoms with Crippen LogP contribution in [0.25, 0.3) is 0 Å². The van der Waals surface area contributed by atoms with Crippen molar-refractivity contribution in [3.63, 3.8) is 0 Å². The maximum Gasteiger partial charge on any atom is 0.261 e. The Hall–Kier alpha value is -4.49. The first-order valence-electron chi connectivity index (χ1n) is 13.7. The van der Waals surface area contributed by atoms with Gasteiger partial charge in [0.05, 0.1) is 14.2 Å². The molecule has 1 N–H and O–H groups in total. The van der Waals surface area contributed by atoms with Gasteiger partial charge in [-0.25, -0.2) is 0 Å². The maximum absolute atomic E-state index is 13.8. The predicted octanol–water partition coefficient (Wildman–Crippen LogP) is 5.74. The van der Waals surface area contributed by atoms with E-state index < -0.39 is 6.04 Å². The second kappa shape index (κ2) is 15.5. The van der Waals surface area contributed by atoms with Crippen molar-refractivity contribution in [1.82, 2.24) is 10.2 Å². The molecule has 4 aromatic rings. The summed E-state index contributed by atoms with van der Waals surface area (Å²) in [5.74, 6) is 1.30. The normalized spacial score (nSPS) is 11.3. The van der Waals surface area contributed by atoms with E-state index in [1.807, 2.05) is 78.9 Å². The molecular weight excluding hydrogens is 552 g/mol. The summed E-state index contributed by atoms with van der Waals surface area (Å²) in [6.07, 6.45) is 0.917. The minimum Gasteiger partial charge on any atom is -0.493 e. The molecule has 0 saturated heterocycles. The molecule has 0 heterocycles. The number of amides is 2. The van der Waals surface area contributed by atoms with Gasteiger partial charge in [0.25, 0.3) is 5.91 Å². The summed E-state index contributed by atoms with van der Waals surface area (Å²) in [6, 6.07) is 31.0. The molecule has 0 saturated carbocycles. The Morgan fingerprint density at radius 1 is 0.786 bits per heavy atom. The van der Waals surface area contributed by atoms with Crippen molar-refractivity contribution >= 4 is 23.4 Å². The summed E-state index contributed by atoms with van der Waals surface area (Å²) in [5.41, 5.74) is 2.77. The van der Waals surface area contributed by atoms with Crippen molar-refractivity contribution in [3.8, 4) is 17.2 Å². The number of nitrogens with one attached hydrogen (secondary N) is 1. The number of halogens is 1. The van der Waals surface area contributed by atoms with Crippen LogP contribution in [0.5, 0.6) is 17.2 Å². The van der Waals surface area contributed by atoms with E-state index in [4.69, 9.17) is 25.8 Å². The Morgan fingerprint density at radius 2 is 1.43 bits per heavy atom. The number of ether oxygens (including phenoxy) is 3. The molecule has 0 aliphatic carbocycles. The minimum absolute atomic E-state index is 0.207. The van der Waals surface area contributed by atoms with Crippen molar-refractivity contribution < 1.29 is 23.8 Å². The first-order valence-corrected chi connectivity index (χ1v) is 14.1. The lowest BCUT2D eigenvalue weighted by Crippen LogP contribution is -2.52. The maximum atomic E-state index is 13.8. The molecule has 0 radical (unpaired) electrons. The third-order valence-corrected chi connectivity index (χ3v) is 7.06. The van der Waals surface area contributed by atoms with E-state index in [-0.39, 0.29) is 25.0 Å². The van der Waals surface area contributed by atoms with Gasteiger partial charge in [-0.3, -0.25) is 9.59 Å². The molecule has 7 nitrogen and oxygen atoms in total. The zero-order valence-corrected chi connectivity index (χ0v) is 24.6. The average molecular weight is 587 g/mol. The molecule has 0 spiro atoms. The van der Waals surface area contributed by atoms with Crippen LogP contribution in [0.4, 0.5) is 0 Å². The summed E-state index contributed by atoms with van der Waals surface area (Å²) in [4.78, 5) is 29.1. The average Bonchev–Trinajstić information content (AvgIpc) is 3.03. The van der Waals surface area contributed by atoms with Crippen LogP contribution < -0.4 is 19.5 Å². The van der Waals surface area contributed by atoms with Crippen molar-refractivity contribution in [2.24, 2.45) is 0 Å². The number of benzene rings is 4. The monoisotopic (exact) mass is 586 g/mol. The van der Waals surface area contributed by atoms with E-state index in [2.05, 4.69) is 5.32 Å². The molecule has 1 unspecified atom stereocenters. The summed E-state index contributed by atoms with van der Waals surface area (Å²) in [5, 5.41) is 3.65. The van der Waals surface area contributed by atoms with Crippen molar-refractivity contribution in [1.29, 1.82) is 0 Å². The van der Waals surface area contributed by atoms with Crippen LogP contribution in [0.1, 0.15) is 16.7 Å². The minimum atomic E-state index is -0.777. The van der Waals surface area contributed by atoms with Crippen LogP contribution in [-0.2, 0) is 29.0 Å². The SMILES string of the molecule is COc1ccc(CCNC(=O)C(Cc2ccccc2)N(Cc2ccc(Cl)cc2)C(=O)COc2ccccc2)cc1OC. The van der Waals surface area contributed by atoms with E-state index in [1.54, 1.807) is 43.4 Å². The van der Waals surface area contributed by atoms with E-state index in [1.165, 1.54) is 0 Å². The van der Waals surface area contributed by atoms with Gasteiger partial charge in [-0.1, -0.05) is 78.3 Å². The molecule has 8 heteroatoms. The van der Waals surface area contributed by atoms with Gasteiger partial charge in [-0.15, -0.1) is 0 Å². The van der Waals surface area contributed by atoms with Crippen molar-refractivity contribution in [2.45, 2.75) is 25.4 Å². The van der Waals surface area contributed by atoms with Crippen LogP contribution in [0, 0.1) is 0 Å². The number of hydrogen-bond donors (Lipinski definition) is 1. The number of hydrogen-bond acceptors (Lipinski definition) is 5. The van der Waals surface area contributed by atoms with Gasteiger partial charge in [-0.2, -0.15) is 0 Å². The van der Waals surface area contributed by atoms with E-state index in [9.17, 15) is 9.59 Å². The van der Waals surface area contributed by atoms with Gasteiger partial charge in [0, 0.05) is 24.5 Å². The molecule has 0 aliphatic heterocycles. The Morgan fingerprint density at radius 3 is 2.10 bits per heavy atom. The quantitative estimate of drug-likeness (QED) is 0.204. The van der Waals surface area contributed by atoms with Crippen molar-refractivity contribution in [3.05, 3.63) is 125 Å². The summed E-state index contributed by atoms with van der Waals surface area (Å²) >= 11 is 6.11. The van der Waals surface area contributed by atoms with Crippen molar-refractivity contribution in [2.75, 3.05) is 27.4 Å². The van der Waals surface area contributed by atoms with Gasteiger partial charge in [-0.05, 0) is 59.5 Å². The highest BCUT2D eigenvalue weighted by atomic mass is 35.5. The van der Waals surface area contributed by atoms with Gasteiger partial charge >= 0.3 is 0 Å². The predicted molar refractivity (Wildman–Crippen MR) is 164 cm³/mol. The third-order valence-electron chi connectivity index (χ3n) is 6.80. The molecular formula is C34H35ClN2O5. The van der Waals surface area contributed by atoms with Crippen LogP contribution in [-0.4, -0.2) is 50.1 Å². The number of nitrogens with zero attached hydrogens (tertiary/aromatic N) is 1. The fraction of sp³-hybridized carbons (Fsp3) is 0.235. The van der Waals surface area contributed by atoms with E-state index in [0.29, 0.717) is 41.7 Å². The number of para-hydroxylation sites is 1. The molecule has 0 bridgehead atoms. The summed E-state index contributed by atoms with van der Waals surface area (Å²) in [6.45, 7) is 0.389. The topological polar surface area (TPSA) is 77.1 Å². The Bertz CT molecular complexity index is 1430. The molecule has 42 heavy (non-hydrogen) atoms. The zero-order chi connectivity index (χ0) is 29.7. The zero-order valence-electron chi connectivity index (χ0n) is 23.8. The molecule has 0 aromatic heterocycles. The van der Waals surface area contributed by atoms with Crippen LogP contribution in [0.3, 0.4) is 0 Å². The van der Waals surface area contributed by atoms with Crippen LogP contribution in [0.15, 0.2) is 103 Å². The molecule has 1 atom stereocenters. The molecule has 218 valence electrons. The highest BCUT2D eigenvalue weighted by Crippen LogP contribution is 2.27. The number of methoxy groups -OCH3 is 2. The Labute approximate surface area is 252 Å². The number of carbonyl (C=O) groups excluding carboxylic acids is 2. The lowest BCUT2D eigenvalue weighted by molar-refractivity contribution is -0.142. The lowest BCUT2D eigenvalue weighted by atomic mass is 10.0. The van der Waals surface area contributed by atoms with Gasteiger partial charge < -0.3 is 24.4 Å². The molecule has 2 amide bonds. The molecule has 0 aliphatic rings. The smallest absolute Gasteiger partial charge is 0.261 e. The van der Waals surface area contributed by atoms with Crippen LogP contribution in [0.2, 0.25) is 5.02 Å². The van der Waals surface area contributed by atoms with Crippen LogP contribution >= 0.6 is 11.6 Å². The van der Waals surface area contributed by atoms with Gasteiger partial charge in [0.1, 0.15) is 11.8 Å². The van der Waals surface area contributed by atoms with Gasteiger partial charge in [0.15, 0.2) is 18.1 Å². The second-order valence-electron chi connectivity index (χ2n) is 9.69. The Kier molecular flexibility index (Phi) is 11.2.